The Morgan fingerprint density at radius 3 is 2.65 bits per heavy atom. The maximum absolute atomic E-state index is 5.91. The molecule has 4 heteroatoms. The molecule has 0 amide bonds. The number of aromatic nitrogens is 1. The Labute approximate surface area is 103 Å². The standard InChI is InChI=1S/C13H21N3O/c1-9-3-5-10(6-4-9)15-13-11(14)7-8-12(16-13)17-2/h7-10H,3-6,14H2,1-2H3,(H,15,16). The van der Waals surface area contributed by atoms with Gasteiger partial charge >= 0.3 is 0 Å². The summed E-state index contributed by atoms with van der Waals surface area (Å²) in [6.45, 7) is 2.31. The summed E-state index contributed by atoms with van der Waals surface area (Å²) in [6.07, 6.45) is 4.95. The SMILES string of the molecule is COc1ccc(N)c(NC2CCC(C)CC2)n1. The molecule has 1 aliphatic rings. The third-order valence-corrected chi connectivity index (χ3v) is 3.47. The maximum atomic E-state index is 5.91. The molecule has 1 aromatic heterocycles. The number of hydrogen-bond donors (Lipinski definition) is 2. The highest BCUT2D eigenvalue weighted by Gasteiger charge is 2.19. The summed E-state index contributed by atoms with van der Waals surface area (Å²) < 4.78 is 5.11. The Kier molecular flexibility index (Phi) is 3.71. The van der Waals surface area contributed by atoms with Gasteiger partial charge in [-0.15, -0.1) is 0 Å². The molecule has 0 atom stereocenters. The smallest absolute Gasteiger partial charge is 0.215 e. The first-order valence-corrected chi connectivity index (χ1v) is 6.26. The molecule has 0 aromatic carbocycles. The number of nitrogen functional groups attached to an aromatic ring is 1. The molecule has 17 heavy (non-hydrogen) atoms. The van der Waals surface area contributed by atoms with Gasteiger partial charge in [0.1, 0.15) is 0 Å². The first kappa shape index (κ1) is 12.0. The van der Waals surface area contributed by atoms with Crippen LogP contribution in [0.1, 0.15) is 32.6 Å². The van der Waals surface area contributed by atoms with Crippen LogP contribution in [0.3, 0.4) is 0 Å². The first-order chi connectivity index (χ1) is 8.19. The zero-order chi connectivity index (χ0) is 12.3. The van der Waals surface area contributed by atoms with Crippen molar-refractivity contribution in [2.24, 2.45) is 5.92 Å². The van der Waals surface area contributed by atoms with Gasteiger partial charge in [0.2, 0.25) is 5.88 Å². The van der Waals surface area contributed by atoms with Crippen molar-refractivity contribution in [3.63, 3.8) is 0 Å². The van der Waals surface area contributed by atoms with Crippen LogP contribution in [-0.4, -0.2) is 18.1 Å². The molecule has 0 unspecified atom stereocenters. The van der Waals surface area contributed by atoms with Crippen LogP contribution in [0.4, 0.5) is 11.5 Å². The van der Waals surface area contributed by atoms with Gasteiger partial charge in [0.25, 0.3) is 0 Å². The van der Waals surface area contributed by atoms with E-state index in [0.717, 1.165) is 11.7 Å². The van der Waals surface area contributed by atoms with Crippen molar-refractivity contribution >= 4 is 11.5 Å². The molecule has 94 valence electrons. The van der Waals surface area contributed by atoms with Crippen LogP contribution in [0.2, 0.25) is 0 Å². The van der Waals surface area contributed by atoms with Gasteiger partial charge in [-0.25, -0.2) is 0 Å². The molecule has 1 saturated carbocycles. The van der Waals surface area contributed by atoms with Gasteiger partial charge in [-0.05, 0) is 37.7 Å². The van der Waals surface area contributed by atoms with Crippen molar-refractivity contribution in [3.05, 3.63) is 12.1 Å². The number of pyridine rings is 1. The van der Waals surface area contributed by atoms with Gasteiger partial charge in [0.05, 0.1) is 12.8 Å². The third kappa shape index (κ3) is 3.02. The van der Waals surface area contributed by atoms with Gasteiger partial charge in [-0.2, -0.15) is 4.98 Å². The van der Waals surface area contributed by atoms with E-state index in [1.807, 2.05) is 6.07 Å². The number of methoxy groups -OCH3 is 1. The Balaban J connectivity index is 2.02. The second-order valence-corrected chi connectivity index (χ2v) is 4.89. The van der Waals surface area contributed by atoms with E-state index < -0.39 is 0 Å². The third-order valence-electron chi connectivity index (χ3n) is 3.47. The van der Waals surface area contributed by atoms with Gasteiger partial charge in [-0.1, -0.05) is 6.92 Å². The molecule has 3 N–H and O–H groups in total. The fourth-order valence-corrected chi connectivity index (χ4v) is 2.28. The number of rotatable bonds is 3. The zero-order valence-corrected chi connectivity index (χ0v) is 10.6. The average Bonchev–Trinajstić information content (AvgIpc) is 2.35. The van der Waals surface area contributed by atoms with E-state index in [9.17, 15) is 0 Å². The fourth-order valence-electron chi connectivity index (χ4n) is 2.28. The molecule has 2 rings (SSSR count). The van der Waals surface area contributed by atoms with E-state index in [-0.39, 0.29) is 0 Å². The minimum atomic E-state index is 0.494. The molecule has 0 bridgehead atoms. The van der Waals surface area contributed by atoms with Crippen molar-refractivity contribution in [1.82, 2.24) is 4.98 Å². The van der Waals surface area contributed by atoms with E-state index >= 15 is 0 Å². The van der Waals surface area contributed by atoms with E-state index in [0.29, 0.717) is 17.6 Å². The Morgan fingerprint density at radius 2 is 2.00 bits per heavy atom. The van der Waals surface area contributed by atoms with Crippen LogP contribution in [0.25, 0.3) is 0 Å². The number of ether oxygens (including phenoxy) is 1. The van der Waals surface area contributed by atoms with Crippen LogP contribution in [-0.2, 0) is 0 Å². The van der Waals surface area contributed by atoms with Crippen molar-refractivity contribution in [1.29, 1.82) is 0 Å². The second kappa shape index (κ2) is 5.25. The summed E-state index contributed by atoms with van der Waals surface area (Å²) in [4.78, 5) is 4.35. The predicted octanol–water partition coefficient (Wildman–Crippen LogP) is 2.66. The average molecular weight is 235 g/mol. The number of nitrogens with zero attached hydrogens (tertiary/aromatic N) is 1. The molecule has 0 radical (unpaired) electrons. The normalized spacial score (nSPS) is 24.4. The molecule has 1 heterocycles. The van der Waals surface area contributed by atoms with E-state index in [1.54, 1.807) is 13.2 Å². The summed E-state index contributed by atoms with van der Waals surface area (Å²) in [5, 5.41) is 3.43. The Bertz CT molecular complexity index is 373. The van der Waals surface area contributed by atoms with Crippen molar-refractivity contribution in [2.45, 2.75) is 38.6 Å². The highest BCUT2D eigenvalue weighted by atomic mass is 16.5. The van der Waals surface area contributed by atoms with Gasteiger partial charge < -0.3 is 15.8 Å². The Hall–Kier alpha value is -1.45. The van der Waals surface area contributed by atoms with Crippen LogP contribution >= 0.6 is 0 Å². The zero-order valence-electron chi connectivity index (χ0n) is 10.6. The van der Waals surface area contributed by atoms with E-state index in [1.165, 1.54) is 25.7 Å². The molecule has 0 saturated heterocycles. The van der Waals surface area contributed by atoms with Gasteiger partial charge in [0.15, 0.2) is 5.82 Å². The lowest BCUT2D eigenvalue weighted by molar-refractivity contribution is 0.360. The molecular formula is C13H21N3O. The molecule has 1 fully saturated rings. The summed E-state index contributed by atoms with van der Waals surface area (Å²) in [5.41, 5.74) is 6.59. The fraction of sp³-hybridized carbons (Fsp3) is 0.615. The van der Waals surface area contributed by atoms with Crippen molar-refractivity contribution in [2.75, 3.05) is 18.2 Å². The van der Waals surface area contributed by atoms with Crippen LogP contribution < -0.4 is 15.8 Å². The first-order valence-electron chi connectivity index (χ1n) is 6.26. The number of nitrogens with two attached hydrogens (primary N) is 1. The highest BCUT2D eigenvalue weighted by molar-refractivity contribution is 5.62. The molecule has 4 nitrogen and oxygen atoms in total. The lowest BCUT2D eigenvalue weighted by atomic mass is 9.87. The second-order valence-electron chi connectivity index (χ2n) is 4.89. The molecule has 0 aliphatic heterocycles. The van der Waals surface area contributed by atoms with Crippen molar-refractivity contribution < 1.29 is 4.74 Å². The summed E-state index contributed by atoms with van der Waals surface area (Å²) in [5.74, 6) is 2.21. The summed E-state index contributed by atoms with van der Waals surface area (Å²) in [7, 11) is 1.62. The number of hydrogen-bond acceptors (Lipinski definition) is 4. The van der Waals surface area contributed by atoms with Crippen LogP contribution in [0, 0.1) is 5.92 Å². The van der Waals surface area contributed by atoms with Crippen LogP contribution in [0.5, 0.6) is 5.88 Å². The summed E-state index contributed by atoms with van der Waals surface area (Å²) in [6, 6.07) is 4.11. The van der Waals surface area contributed by atoms with Gasteiger partial charge in [-0.3, -0.25) is 0 Å². The molecule has 1 aliphatic carbocycles. The molecule has 1 aromatic rings. The predicted molar refractivity (Wildman–Crippen MR) is 70.2 cm³/mol. The minimum Gasteiger partial charge on any atom is -0.481 e. The highest BCUT2D eigenvalue weighted by Crippen LogP contribution is 2.28. The lowest BCUT2D eigenvalue weighted by Crippen LogP contribution is -2.26. The van der Waals surface area contributed by atoms with E-state index in [4.69, 9.17) is 10.5 Å². The minimum absolute atomic E-state index is 0.494. The van der Waals surface area contributed by atoms with E-state index in [2.05, 4.69) is 17.2 Å². The quantitative estimate of drug-likeness (QED) is 0.845. The number of nitrogens with one attached hydrogen (secondary N) is 1. The largest absolute Gasteiger partial charge is 0.481 e. The summed E-state index contributed by atoms with van der Waals surface area (Å²) >= 11 is 0. The van der Waals surface area contributed by atoms with Crippen LogP contribution in [0.15, 0.2) is 12.1 Å². The van der Waals surface area contributed by atoms with Crippen molar-refractivity contribution in [3.8, 4) is 5.88 Å². The Morgan fingerprint density at radius 1 is 1.29 bits per heavy atom. The number of anilines is 2. The topological polar surface area (TPSA) is 60.2 Å². The maximum Gasteiger partial charge on any atom is 0.215 e. The lowest BCUT2D eigenvalue weighted by Gasteiger charge is -2.27. The molecular weight excluding hydrogens is 214 g/mol. The molecule has 0 spiro atoms. The van der Waals surface area contributed by atoms with Gasteiger partial charge in [0, 0.05) is 12.1 Å². The monoisotopic (exact) mass is 235 g/mol.